The maximum absolute atomic E-state index is 12.3. The molecule has 142 valence electrons. The largest absolute Gasteiger partial charge is 0.493 e. The van der Waals surface area contributed by atoms with Crippen LogP contribution in [-0.4, -0.2) is 63.3 Å². The summed E-state index contributed by atoms with van der Waals surface area (Å²) in [6.07, 6.45) is 1.01. The van der Waals surface area contributed by atoms with Gasteiger partial charge in [0.05, 0.1) is 13.2 Å². The van der Waals surface area contributed by atoms with Gasteiger partial charge in [0.2, 0.25) is 0 Å². The number of methoxy groups -OCH3 is 1. The average Bonchev–Trinajstić information content (AvgIpc) is 2.59. The maximum atomic E-state index is 12.3. The highest BCUT2D eigenvalue weighted by Crippen LogP contribution is 2.28. The molecule has 6 nitrogen and oxygen atoms in total. The molecular weight excluding hydrogens is 342 g/mol. The molecule has 1 amide bonds. The summed E-state index contributed by atoms with van der Waals surface area (Å²) in [4.78, 5) is 14.7. The number of carbonyl (C=O) groups excluding carboxylic acids is 1. The summed E-state index contributed by atoms with van der Waals surface area (Å²) in [5.74, 6) is 1.16. The van der Waals surface area contributed by atoms with E-state index in [1.807, 2.05) is 13.8 Å². The zero-order chi connectivity index (χ0) is 17.4. The summed E-state index contributed by atoms with van der Waals surface area (Å²) in [6.45, 7) is 9.89. The lowest BCUT2D eigenvalue weighted by atomic mass is 10.2. The first-order valence-electron chi connectivity index (χ1n) is 8.66. The van der Waals surface area contributed by atoms with E-state index in [2.05, 4.69) is 15.5 Å². The first-order chi connectivity index (χ1) is 11.6. The monoisotopic (exact) mass is 371 g/mol. The van der Waals surface area contributed by atoms with Crippen molar-refractivity contribution < 1.29 is 14.3 Å². The Labute approximate surface area is 156 Å². The Morgan fingerprint density at radius 3 is 2.64 bits per heavy atom. The van der Waals surface area contributed by atoms with E-state index < -0.39 is 0 Å². The van der Waals surface area contributed by atoms with Crippen LogP contribution in [0.2, 0.25) is 0 Å². The first-order valence-corrected chi connectivity index (χ1v) is 8.66. The van der Waals surface area contributed by atoms with Gasteiger partial charge in [0, 0.05) is 38.3 Å². The number of halogens is 1. The molecular formula is C18H30ClN3O3. The van der Waals surface area contributed by atoms with Crippen molar-refractivity contribution in [1.29, 1.82) is 0 Å². The molecule has 1 aromatic rings. The molecule has 1 saturated heterocycles. The van der Waals surface area contributed by atoms with Crippen molar-refractivity contribution in [3.8, 4) is 11.5 Å². The summed E-state index contributed by atoms with van der Waals surface area (Å²) in [5, 5.41) is 6.31. The third kappa shape index (κ3) is 7.10. The number of amides is 1. The summed E-state index contributed by atoms with van der Waals surface area (Å²) >= 11 is 0. The number of nitrogens with one attached hydrogen (secondary N) is 2. The maximum Gasteiger partial charge on any atom is 0.251 e. The molecule has 1 heterocycles. The van der Waals surface area contributed by atoms with Gasteiger partial charge < -0.3 is 25.0 Å². The summed E-state index contributed by atoms with van der Waals surface area (Å²) < 4.78 is 11.0. The number of hydrogen-bond acceptors (Lipinski definition) is 5. The third-order valence-electron chi connectivity index (χ3n) is 3.93. The lowest BCUT2D eigenvalue weighted by Crippen LogP contribution is -2.44. The molecule has 0 bridgehead atoms. The van der Waals surface area contributed by atoms with Crippen molar-refractivity contribution in [2.45, 2.75) is 26.4 Å². The van der Waals surface area contributed by atoms with Crippen molar-refractivity contribution in [1.82, 2.24) is 15.5 Å². The van der Waals surface area contributed by atoms with Crippen LogP contribution in [0.4, 0.5) is 0 Å². The molecule has 0 unspecified atom stereocenters. The fourth-order valence-electron chi connectivity index (χ4n) is 2.70. The Bertz CT molecular complexity index is 534. The molecule has 0 atom stereocenters. The van der Waals surface area contributed by atoms with E-state index in [-0.39, 0.29) is 24.4 Å². The quantitative estimate of drug-likeness (QED) is 0.684. The van der Waals surface area contributed by atoms with E-state index in [9.17, 15) is 4.79 Å². The van der Waals surface area contributed by atoms with Crippen LogP contribution in [0.1, 0.15) is 30.6 Å². The van der Waals surface area contributed by atoms with Crippen LogP contribution >= 0.6 is 12.4 Å². The molecule has 1 aliphatic rings. The molecule has 0 spiro atoms. The molecule has 25 heavy (non-hydrogen) atoms. The number of benzene rings is 1. The van der Waals surface area contributed by atoms with Crippen LogP contribution in [0.3, 0.4) is 0 Å². The van der Waals surface area contributed by atoms with E-state index in [4.69, 9.17) is 9.47 Å². The van der Waals surface area contributed by atoms with Gasteiger partial charge in [-0.25, -0.2) is 0 Å². The van der Waals surface area contributed by atoms with E-state index >= 15 is 0 Å². The van der Waals surface area contributed by atoms with E-state index in [1.54, 1.807) is 25.3 Å². The number of piperazine rings is 1. The predicted molar refractivity (Wildman–Crippen MR) is 102 cm³/mol. The number of ether oxygens (including phenoxy) is 2. The Morgan fingerprint density at radius 1 is 1.28 bits per heavy atom. The minimum atomic E-state index is -0.0790. The lowest BCUT2D eigenvalue weighted by molar-refractivity contribution is 0.0951. The molecule has 1 aliphatic heterocycles. The molecule has 0 aromatic heterocycles. The molecule has 2 N–H and O–H groups in total. The fraction of sp³-hybridized carbons (Fsp3) is 0.611. The van der Waals surface area contributed by atoms with Gasteiger partial charge in [-0.1, -0.05) is 0 Å². The molecule has 2 rings (SSSR count). The highest BCUT2D eigenvalue weighted by Gasteiger charge is 2.12. The van der Waals surface area contributed by atoms with Gasteiger partial charge in [-0.3, -0.25) is 4.79 Å². The van der Waals surface area contributed by atoms with Crippen molar-refractivity contribution >= 4 is 18.3 Å². The van der Waals surface area contributed by atoms with Gasteiger partial charge in [0.15, 0.2) is 11.5 Å². The summed E-state index contributed by atoms with van der Waals surface area (Å²) in [5.41, 5.74) is 0.588. The number of hydrogen-bond donors (Lipinski definition) is 2. The van der Waals surface area contributed by atoms with Crippen LogP contribution in [0.25, 0.3) is 0 Å². The third-order valence-corrected chi connectivity index (χ3v) is 3.93. The van der Waals surface area contributed by atoms with Gasteiger partial charge in [-0.05, 0) is 45.0 Å². The topological polar surface area (TPSA) is 62.8 Å². The zero-order valence-corrected chi connectivity index (χ0v) is 16.2. The highest BCUT2D eigenvalue weighted by molar-refractivity contribution is 5.94. The Hall–Kier alpha value is -1.50. The molecule has 0 aliphatic carbocycles. The second-order valence-electron chi connectivity index (χ2n) is 6.23. The number of carbonyl (C=O) groups is 1. The Morgan fingerprint density at radius 2 is 2.00 bits per heavy atom. The van der Waals surface area contributed by atoms with E-state index in [0.717, 1.165) is 39.1 Å². The van der Waals surface area contributed by atoms with E-state index in [0.29, 0.717) is 23.6 Å². The minimum Gasteiger partial charge on any atom is -0.493 e. The molecule has 1 fully saturated rings. The fourth-order valence-corrected chi connectivity index (χ4v) is 2.70. The van der Waals surface area contributed by atoms with Crippen molar-refractivity contribution in [3.05, 3.63) is 23.8 Å². The summed E-state index contributed by atoms with van der Waals surface area (Å²) in [7, 11) is 1.58. The Kier molecular flexibility index (Phi) is 9.63. The van der Waals surface area contributed by atoms with Gasteiger partial charge >= 0.3 is 0 Å². The van der Waals surface area contributed by atoms with Crippen molar-refractivity contribution in [2.75, 3.05) is 46.4 Å². The number of nitrogens with zero attached hydrogens (tertiary/aromatic N) is 1. The van der Waals surface area contributed by atoms with Crippen LogP contribution in [0, 0.1) is 0 Å². The van der Waals surface area contributed by atoms with Crippen LogP contribution in [0.5, 0.6) is 11.5 Å². The smallest absolute Gasteiger partial charge is 0.251 e. The normalized spacial score (nSPS) is 14.7. The number of rotatable bonds is 8. The second kappa shape index (κ2) is 11.2. The highest BCUT2D eigenvalue weighted by atomic mass is 35.5. The Balaban J connectivity index is 0.00000312. The van der Waals surface area contributed by atoms with Gasteiger partial charge in [-0.2, -0.15) is 0 Å². The first kappa shape index (κ1) is 21.5. The second-order valence-corrected chi connectivity index (χ2v) is 6.23. The van der Waals surface area contributed by atoms with Crippen LogP contribution < -0.4 is 20.1 Å². The lowest BCUT2D eigenvalue weighted by Gasteiger charge is -2.27. The standard InChI is InChI=1S/C18H29N3O3.ClH/c1-14(2)24-16-6-5-15(13-17(16)23-3)18(22)20-7-4-10-21-11-8-19-9-12-21;/h5-6,13-14,19H,4,7-12H2,1-3H3,(H,20,22);1H. The van der Waals surface area contributed by atoms with Crippen LogP contribution in [0.15, 0.2) is 18.2 Å². The minimum absolute atomic E-state index is 0. The predicted octanol–water partition coefficient (Wildman–Crippen LogP) is 1.93. The van der Waals surface area contributed by atoms with Gasteiger partial charge in [-0.15, -0.1) is 12.4 Å². The average molecular weight is 372 g/mol. The van der Waals surface area contributed by atoms with Gasteiger partial charge in [0.25, 0.3) is 5.91 Å². The molecule has 1 aromatic carbocycles. The molecule has 0 radical (unpaired) electrons. The summed E-state index contributed by atoms with van der Waals surface area (Å²) in [6, 6.07) is 5.28. The molecule has 7 heteroatoms. The zero-order valence-electron chi connectivity index (χ0n) is 15.3. The SMILES string of the molecule is COc1cc(C(=O)NCCCN2CCNCC2)ccc1OC(C)C.Cl. The van der Waals surface area contributed by atoms with Crippen molar-refractivity contribution in [2.24, 2.45) is 0 Å². The molecule has 0 saturated carbocycles. The van der Waals surface area contributed by atoms with Crippen LogP contribution in [-0.2, 0) is 0 Å². The van der Waals surface area contributed by atoms with Crippen molar-refractivity contribution in [3.63, 3.8) is 0 Å². The van der Waals surface area contributed by atoms with Gasteiger partial charge in [0.1, 0.15) is 0 Å². The van der Waals surface area contributed by atoms with E-state index in [1.165, 1.54) is 0 Å².